The Hall–Kier alpha value is -2.74. The van der Waals surface area contributed by atoms with Gasteiger partial charge in [0.1, 0.15) is 5.82 Å². The normalized spacial score (nSPS) is 16.6. The van der Waals surface area contributed by atoms with Crippen molar-refractivity contribution in [2.24, 2.45) is 0 Å². The van der Waals surface area contributed by atoms with Crippen molar-refractivity contribution in [3.8, 4) is 0 Å². The number of thioether (sulfide) groups is 1. The molecule has 1 atom stereocenters. The Morgan fingerprint density at radius 2 is 1.85 bits per heavy atom. The topological polar surface area (TPSA) is 46.9 Å². The third-order valence-corrected chi connectivity index (χ3v) is 5.58. The van der Waals surface area contributed by atoms with Gasteiger partial charge in [-0.15, -0.1) is 11.8 Å². The molecule has 2 aromatic carbocycles. The minimum atomic E-state index is -1.52. The third kappa shape index (κ3) is 3.32. The molecule has 2 heterocycles. The van der Waals surface area contributed by atoms with E-state index in [2.05, 4.69) is 10.4 Å². The predicted octanol–water partition coefficient (Wildman–Crippen LogP) is 4.12. The molecular weight excluding hydrogens is 375 g/mol. The Balaban J connectivity index is 1.77. The van der Waals surface area contributed by atoms with E-state index in [0.29, 0.717) is 17.9 Å². The van der Waals surface area contributed by atoms with Gasteiger partial charge in [-0.1, -0.05) is 36.4 Å². The molecule has 0 saturated carbocycles. The molecule has 1 aromatic heterocycles. The quantitative estimate of drug-likeness (QED) is 0.686. The van der Waals surface area contributed by atoms with E-state index >= 15 is 0 Å². The number of amides is 1. The van der Waals surface area contributed by atoms with Gasteiger partial charge < -0.3 is 5.32 Å². The summed E-state index contributed by atoms with van der Waals surface area (Å²) in [5.74, 6) is -3.78. The minimum absolute atomic E-state index is 0.0177. The van der Waals surface area contributed by atoms with E-state index < -0.39 is 22.7 Å². The van der Waals surface area contributed by atoms with Gasteiger partial charge in [-0.3, -0.25) is 4.79 Å². The monoisotopic (exact) mass is 389 g/mol. The van der Waals surface area contributed by atoms with E-state index in [1.165, 1.54) is 12.3 Å². The second-order valence-corrected chi connectivity index (χ2v) is 7.19. The summed E-state index contributed by atoms with van der Waals surface area (Å²) in [6, 6.07) is 11.6. The average molecular weight is 389 g/mol. The average Bonchev–Trinajstić information content (AvgIpc) is 2.96. The van der Waals surface area contributed by atoms with Crippen LogP contribution < -0.4 is 5.32 Å². The fourth-order valence-corrected chi connectivity index (χ4v) is 4.13. The van der Waals surface area contributed by atoms with Crippen LogP contribution in [0.4, 0.5) is 19.0 Å². The maximum absolute atomic E-state index is 14.4. The van der Waals surface area contributed by atoms with Gasteiger partial charge in [0.2, 0.25) is 5.91 Å². The lowest BCUT2D eigenvalue weighted by atomic mass is 10.1. The van der Waals surface area contributed by atoms with Crippen LogP contribution in [0.15, 0.2) is 48.7 Å². The maximum Gasteiger partial charge on any atom is 0.235 e. The molecule has 1 aliphatic rings. The van der Waals surface area contributed by atoms with Crippen molar-refractivity contribution in [1.29, 1.82) is 0 Å². The molecule has 1 N–H and O–H groups in total. The van der Waals surface area contributed by atoms with Crippen LogP contribution in [-0.2, 0) is 11.3 Å². The maximum atomic E-state index is 14.4. The molecule has 27 heavy (non-hydrogen) atoms. The summed E-state index contributed by atoms with van der Waals surface area (Å²) in [5.41, 5.74) is 1.51. The summed E-state index contributed by atoms with van der Waals surface area (Å²) in [5, 5.41) is 6.42. The van der Waals surface area contributed by atoms with Crippen LogP contribution in [0.25, 0.3) is 0 Å². The molecule has 3 aromatic rings. The molecule has 0 radical (unpaired) electrons. The van der Waals surface area contributed by atoms with Crippen molar-refractivity contribution < 1.29 is 18.0 Å². The predicted molar refractivity (Wildman–Crippen MR) is 97.0 cm³/mol. The van der Waals surface area contributed by atoms with Gasteiger partial charge in [0, 0.05) is 11.1 Å². The zero-order chi connectivity index (χ0) is 19.0. The SMILES string of the molecule is O=C1CSC(c2ccc(F)c(F)c2F)c2cnn(Cc3ccccc3)c2N1. The summed E-state index contributed by atoms with van der Waals surface area (Å²) in [4.78, 5) is 12.1. The number of nitrogens with one attached hydrogen (secondary N) is 1. The lowest BCUT2D eigenvalue weighted by molar-refractivity contribution is -0.113. The first kappa shape index (κ1) is 17.7. The number of carbonyl (C=O) groups is 1. The van der Waals surface area contributed by atoms with Crippen molar-refractivity contribution in [2.75, 3.05) is 11.1 Å². The molecule has 1 unspecified atom stereocenters. The molecule has 0 saturated heterocycles. The van der Waals surface area contributed by atoms with Crippen LogP contribution in [0.3, 0.4) is 0 Å². The first-order chi connectivity index (χ1) is 13.0. The third-order valence-electron chi connectivity index (χ3n) is 4.31. The van der Waals surface area contributed by atoms with Crippen molar-refractivity contribution in [2.45, 2.75) is 11.8 Å². The highest BCUT2D eigenvalue weighted by Gasteiger charge is 2.31. The highest BCUT2D eigenvalue weighted by molar-refractivity contribution is 8.00. The second kappa shape index (κ2) is 7.11. The number of hydrogen-bond donors (Lipinski definition) is 1. The number of benzene rings is 2. The fraction of sp³-hybridized carbons (Fsp3) is 0.158. The molecule has 1 amide bonds. The molecule has 8 heteroatoms. The Labute approximate surface area is 157 Å². The van der Waals surface area contributed by atoms with E-state index in [0.717, 1.165) is 23.4 Å². The van der Waals surface area contributed by atoms with Crippen LogP contribution in [0.1, 0.15) is 21.9 Å². The van der Waals surface area contributed by atoms with Gasteiger partial charge >= 0.3 is 0 Å². The Morgan fingerprint density at radius 1 is 1.07 bits per heavy atom. The minimum Gasteiger partial charge on any atom is -0.310 e. The number of nitrogens with zero attached hydrogens (tertiary/aromatic N) is 2. The van der Waals surface area contributed by atoms with Gasteiger partial charge in [0.15, 0.2) is 17.5 Å². The van der Waals surface area contributed by atoms with Gasteiger partial charge in [-0.25, -0.2) is 17.9 Å². The molecular formula is C19H14F3N3OS. The standard InChI is InChI=1S/C19H14F3N3OS/c20-14-7-6-12(16(21)17(14)22)18-13-8-23-25(9-11-4-2-1-3-5-11)19(13)24-15(26)10-27-18/h1-8,18H,9-10H2,(H,24,26). The van der Waals surface area contributed by atoms with Crippen molar-refractivity contribution in [3.05, 3.63) is 82.8 Å². The number of carbonyl (C=O) groups excluding carboxylic acids is 1. The second-order valence-electron chi connectivity index (χ2n) is 6.10. The largest absolute Gasteiger partial charge is 0.310 e. The molecule has 1 aliphatic heterocycles. The smallest absolute Gasteiger partial charge is 0.235 e. The van der Waals surface area contributed by atoms with Gasteiger partial charge in [0.05, 0.1) is 23.7 Å². The number of aromatic nitrogens is 2. The van der Waals surface area contributed by atoms with Crippen LogP contribution in [0, 0.1) is 17.5 Å². The molecule has 138 valence electrons. The van der Waals surface area contributed by atoms with Gasteiger partial charge in [-0.05, 0) is 11.6 Å². The zero-order valence-electron chi connectivity index (χ0n) is 14.0. The summed E-state index contributed by atoms with van der Waals surface area (Å²) < 4.78 is 43.0. The Kier molecular flexibility index (Phi) is 4.65. The zero-order valence-corrected chi connectivity index (χ0v) is 14.8. The molecule has 0 aliphatic carbocycles. The summed E-state index contributed by atoms with van der Waals surface area (Å²) in [6.45, 7) is 0.411. The van der Waals surface area contributed by atoms with Crippen molar-refractivity contribution >= 4 is 23.5 Å². The van der Waals surface area contributed by atoms with Crippen LogP contribution in [0.5, 0.6) is 0 Å². The Bertz CT molecular complexity index is 1010. The molecule has 4 rings (SSSR count). The number of hydrogen-bond acceptors (Lipinski definition) is 3. The van der Waals surface area contributed by atoms with Crippen LogP contribution in [-0.4, -0.2) is 21.4 Å². The lowest BCUT2D eigenvalue weighted by Gasteiger charge is -2.15. The molecule has 4 nitrogen and oxygen atoms in total. The van der Waals surface area contributed by atoms with Crippen LogP contribution in [0.2, 0.25) is 0 Å². The van der Waals surface area contributed by atoms with Crippen LogP contribution >= 0.6 is 11.8 Å². The molecule has 0 spiro atoms. The van der Waals surface area contributed by atoms with E-state index in [1.54, 1.807) is 4.68 Å². The number of halogens is 3. The van der Waals surface area contributed by atoms with E-state index in [-0.39, 0.29) is 17.2 Å². The summed E-state index contributed by atoms with van der Waals surface area (Å²) >= 11 is 1.14. The van der Waals surface area contributed by atoms with Crippen molar-refractivity contribution in [3.63, 3.8) is 0 Å². The summed E-state index contributed by atoms with van der Waals surface area (Å²) in [7, 11) is 0. The number of rotatable bonds is 3. The highest BCUT2D eigenvalue weighted by Crippen LogP contribution is 2.42. The Morgan fingerprint density at radius 3 is 2.63 bits per heavy atom. The summed E-state index contributed by atoms with van der Waals surface area (Å²) in [6.07, 6.45) is 1.53. The number of fused-ring (bicyclic) bond motifs is 1. The fourth-order valence-electron chi connectivity index (χ4n) is 3.02. The van der Waals surface area contributed by atoms with E-state index in [4.69, 9.17) is 0 Å². The van der Waals surface area contributed by atoms with E-state index in [9.17, 15) is 18.0 Å². The first-order valence-electron chi connectivity index (χ1n) is 8.19. The lowest BCUT2D eigenvalue weighted by Crippen LogP contribution is -2.16. The highest BCUT2D eigenvalue weighted by atomic mass is 32.2. The molecule has 0 bridgehead atoms. The number of anilines is 1. The first-order valence-corrected chi connectivity index (χ1v) is 9.24. The van der Waals surface area contributed by atoms with E-state index in [1.807, 2.05) is 30.3 Å². The van der Waals surface area contributed by atoms with Crippen molar-refractivity contribution in [1.82, 2.24) is 9.78 Å². The molecule has 0 fully saturated rings. The van der Waals surface area contributed by atoms with Gasteiger partial charge in [-0.2, -0.15) is 5.10 Å². The van der Waals surface area contributed by atoms with Gasteiger partial charge in [0.25, 0.3) is 0 Å².